The number of carbonyl (C=O) groups excluding carboxylic acids is 2. The number of aromatic nitrogens is 4. The minimum Gasteiger partial charge on any atom is -0.450 e. The molecule has 0 atom stereocenters. The Morgan fingerprint density at radius 1 is 1.14 bits per heavy atom. The van der Waals surface area contributed by atoms with Gasteiger partial charge in [-0.1, -0.05) is 35.5 Å². The van der Waals surface area contributed by atoms with Gasteiger partial charge in [-0.2, -0.15) is 0 Å². The highest BCUT2D eigenvalue weighted by atomic mass is 32.2. The highest BCUT2D eigenvalue weighted by Crippen LogP contribution is 2.29. The third-order valence-corrected chi connectivity index (χ3v) is 6.77. The van der Waals surface area contributed by atoms with Crippen molar-refractivity contribution in [2.45, 2.75) is 44.8 Å². The minimum atomic E-state index is -0.290. The predicted molar refractivity (Wildman–Crippen MR) is 135 cm³/mol. The summed E-state index contributed by atoms with van der Waals surface area (Å²) in [7, 11) is 0. The van der Waals surface area contributed by atoms with Crippen molar-refractivity contribution in [3.63, 3.8) is 0 Å². The number of carbonyl (C=O) groups is 2. The first kappa shape index (κ1) is 24.7. The lowest BCUT2D eigenvalue weighted by Gasteiger charge is -2.31. The smallest absolute Gasteiger partial charge is 0.409 e. The van der Waals surface area contributed by atoms with Gasteiger partial charge >= 0.3 is 6.09 Å². The van der Waals surface area contributed by atoms with Gasteiger partial charge in [0.15, 0.2) is 11.0 Å². The Morgan fingerprint density at radius 3 is 2.63 bits per heavy atom. The lowest BCUT2D eigenvalue weighted by atomic mass is 10.1. The zero-order valence-electron chi connectivity index (χ0n) is 20.2. The number of piperidine rings is 1. The van der Waals surface area contributed by atoms with Gasteiger partial charge in [-0.15, -0.1) is 10.2 Å². The molecule has 1 N–H and O–H groups in total. The van der Waals surface area contributed by atoms with Gasteiger partial charge in [0.25, 0.3) is 0 Å². The van der Waals surface area contributed by atoms with Crippen LogP contribution in [0.2, 0.25) is 0 Å². The van der Waals surface area contributed by atoms with Crippen molar-refractivity contribution in [3.05, 3.63) is 53.7 Å². The summed E-state index contributed by atoms with van der Waals surface area (Å²) in [4.78, 5) is 30.7. The lowest BCUT2D eigenvalue weighted by Crippen LogP contribution is -2.47. The molecule has 184 valence electrons. The summed E-state index contributed by atoms with van der Waals surface area (Å²) in [6, 6.07) is 11.9. The molecule has 0 radical (unpaired) electrons. The molecular formula is C25H30N6O3S. The van der Waals surface area contributed by atoms with Crippen LogP contribution in [-0.2, 0) is 9.53 Å². The molecule has 2 amide bonds. The van der Waals surface area contributed by atoms with Gasteiger partial charge in [-0.3, -0.25) is 14.3 Å². The molecular weight excluding hydrogens is 464 g/mol. The van der Waals surface area contributed by atoms with Gasteiger partial charge < -0.3 is 15.0 Å². The first-order valence-electron chi connectivity index (χ1n) is 11.7. The summed E-state index contributed by atoms with van der Waals surface area (Å²) in [6.45, 7) is 7.41. The van der Waals surface area contributed by atoms with Crippen molar-refractivity contribution in [2.24, 2.45) is 0 Å². The molecule has 10 heteroatoms. The Bertz CT molecular complexity index is 1180. The molecule has 2 aromatic heterocycles. The van der Waals surface area contributed by atoms with Crippen LogP contribution < -0.4 is 5.32 Å². The van der Waals surface area contributed by atoms with Crippen LogP contribution in [0.3, 0.4) is 0 Å². The highest BCUT2D eigenvalue weighted by Gasteiger charge is 2.25. The fourth-order valence-corrected chi connectivity index (χ4v) is 4.87. The van der Waals surface area contributed by atoms with Gasteiger partial charge in [0, 0.05) is 25.3 Å². The number of nitrogens with one attached hydrogen (secondary N) is 1. The molecule has 3 heterocycles. The SMILES string of the molecule is CCOC(=O)N1CCC(NC(=O)CSc2nnc(-c3ccccn3)n2-c2ccc(C)cc2C)CC1. The van der Waals surface area contributed by atoms with E-state index in [1.165, 1.54) is 17.3 Å². The Labute approximate surface area is 209 Å². The maximum atomic E-state index is 12.7. The summed E-state index contributed by atoms with van der Waals surface area (Å²) in [5.41, 5.74) is 3.92. The van der Waals surface area contributed by atoms with Crippen LogP contribution in [0.25, 0.3) is 17.2 Å². The van der Waals surface area contributed by atoms with E-state index in [1.54, 1.807) is 18.0 Å². The van der Waals surface area contributed by atoms with E-state index < -0.39 is 0 Å². The Hall–Kier alpha value is -3.40. The molecule has 0 saturated carbocycles. The molecule has 1 aliphatic heterocycles. The third kappa shape index (κ3) is 6.00. The van der Waals surface area contributed by atoms with Crippen LogP contribution >= 0.6 is 11.8 Å². The molecule has 1 aliphatic rings. The molecule has 1 saturated heterocycles. The van der Waals surface area contributed by atoms with Gasteiger partial charge in [0.1, 0.15) is 5.69 Å². The first-order valence-corrected chi connectivity index (χ1v) is 12.7. The van der Waals surface area contributed by atoms with Crippen molar-refractivity contribution < 1.29 is 14.3 Å². The summed E-state index contributed by atoms with van der Waals surface area (Å²) < 4.78 is 7.02. The average Bonchev–Trinajstić information content (AvgIpc) is 3.27. The molecule has 4 rings (SSSR count). The monoisotopic (exact) mass is 494 g/mol. The minimum absolute atomic E-state index is 0.0371. The van der Waals surface area contributed by atoms with E-state index in [0.717, 1.165) is 11.3 Å². The standard InChI is InChI=1S/C25H30N6O3S/c1-4-34-25(33)30-13-10-19(11-14-30)27-22(32)16-35-24-29-28-23(20-7-5-6-12-26-20)31(24)21-9-8-17(2)15-18(21)3/h5-9,12,15,19H,4,10-11,13-14,16H2,1-3H3,(H,27,32). The Balaban J connectivity index is 1.45. The molecule has 1 aromatic carbocycles. The van der Waals surface area contributed by atoms with Crippen LogP contribution in [0, 0.1) is 13.8 Å². The van der Waals surface area contributed by atoms with Crippen molar-refractivity contribution in [3.8, 4) is 17.2 Å². The number of amides is 2. The Morgan fingerprint density at radius 2 is 1.94 bits per heavy atom. The van der Waals surface area contributed by atoms with Gasteiger partial charge in [0.05, 0.1) is 18.0 Å². The number of aryl methyl sites for hydroxylation is 2. The molecule has 35 heavy (non-hydrogen) atoms. The van der Waals surface area contributed by atoms with E-state index in [9.17, 15) is 9.59 Å². The predicted octanol–water partition coefficient (Wildman–Crippen LogP) is 3.78. The van der Waals surface area contributed by atoms with Crippen molar-refractivity contribution >= 4 is 23.8 Å². The fraction of sp³-hybridized carbons (Fsp3) is 0.400. The highest BCUT2D eigenvalue weighted by molar-refractivity contribution is 7.99. The van der Waals surface area contributed by atoms with Crippen LogP contribution in [0.1, 0.15) is 30.9 Å². The molecule has 0 aliphatic carbocycles. The van der Waals surface area contributed by atoms with Gasteiger partial charge in [-0.25, -0.2) is 4.79 Å². The van der Waals surface area contributed by atoms with E-state index in [1.807, 2.05) is 41.8 Å². The van der Waals surface area contributed by atoms with Gasteiger partial charge in [0.2, 0.25) is 5.91 Å². The number of rotatable bonds is 7. The molecule has 0 unspecified atom stereocenters. The van der Waals surface area contributed by atoms with Crippen LogP contribution in [0.4, 0.5) is 4.79 Å². The van der Waals surface area contributed by atoms with Crippen LogP contribution in [0.15, 0.2) is 47.8 Å². The van der Waals surface area contributed by atoms with E-state index in [-0.39, 0.29) is 23.8 Å². The number of hydrogen-bond acceptors (Lipinski definition) is 7. The summed E-state index contributed by atoms with van der Waals surface area (Å²) in [6.07, 6.45) is 2.85. The van der Waals surface area contributed by atoms with Gasteiger partial charge in [-0.05, 0) is 57.4 Å². The van der Waals surface area contributed by atoms with Crippen molar-refractivity contribution in [1.29, 1.82) is 0 Å². The van der Waals surface area contributed by atoms with E-state index >= 15 is 0 Å². The number of pyridine rings is 1. The third-order valence-electron chi connectivity index (χ3n) is 5.84. The number of hydrogen-bond donors (Lipinski definition) is 1. The lowest BCUT2D eigenvalue weighted by molar-refractivity contribution is -0.119. The fourth-order valence-electron chi connectivity index (χ4n) is 4.12. The molecule has 9 nitrogen and oxygen atoms in total. The van der Waals surface area contributed by atoms with E-state index in [4.69, 9.17) is 4.74 Å². The number of likely N-dealkylation sites (tertiary alicyclic amines) is 1. The maximum absolute atomic E-state index is 12.7. The van der Waals surface area contributed by atoms with Crippen molar-refractivity contribution in [2.75, 3.05) is 25.4 Å². The zero-order valence-corrected chi connectivity index (χ0v) is 21.0. The van der Waals surface area contributed by atoms with E-state index in [2.05, 4.69) is 33.5 Å². The summed E-state index contributed by atoms with van der Waals surface area (Å²) in [5, 5.41) is 12.5. The Kier molecular flexibility index (Phi) is 8.02. The van der Waals surface area contributed by atoms with Crippen molar-refractivity contribution in [1.82, 2.24) is 30.0 Å². The quantitative estimate of drug-likeness (QED) is 0.499. The van der Waals surface area contributed by atoms with E-state index in [0.29, 0.717) is 49.2 Å². The zero-order chi connectivity index (χ0) is 24.8. The second kappa shape index (κ2) is 11.4. The second-order valence-corrected chi connectivity index (χ2v) is 9.41. The summed E-state index contributed by atoms with van der Waals surface area (Å²) in [5.74, 6) is 0.773. The molecule has 1 fully saturated rings. The molecule has 0 spiro atoms. The van der Waals surface area contributed by atoms with Crippen LogP contribution in [0.5, 0.6) is 0 Å². The van der Waals surface area contributed by atoms with Crippen LogP contribution in [-0.4, -0.2) is 68.1 Å². The maximum Gasteiger partial charge on any atom is 0.409 e. The molecule has 3 aromatic rings. The normalized spacial score (nSPS) is 14.1. The number of ether oxygens (including phenoxy) is 1. The topological polar surface area (TPSA) is 102 Å². The first-order chi connectivity index (χ1) is 17.0. The average molecular weight is 495 g/mol. The summed E-state index contributed by atoms with van der Waals surface area (Å²) >= 11 is 1.34. The second-order valence-electron chi connectivity index (χ2n) is 8.46. The number of thioether (sulfide) groups is 1. The number of benzene rings is 1. The number of nitrogens with zero attached hydrogens (tertiary/aromatic N) is 5. The largest absolute Gasteiger partial charge is 0.450 e. The molecule has 0 bridgehead atoms.